The summed E-state index contributed by atoms with van der Waals surface area (Å²) in [4.78, 5) is 8.33. The third kappa shape index (κ3) is 2.12. The van der Waals surface area contributed by atoms with Gasteiger partial charge < -0.3 is 15.9 Å². The number of hydrogen-bond acceptors (Lipinski definition) is 6. The lowest BCUT2D eigenvalue weighted by Gasteiger charge is -2.18. The fourth-order valence-electron chi connectivity index (χ4n) is 3.33. The molecule has 0 bridgehead atoms. The predicted octanol–water partition coefficient (Wildman–Crippen LogP) is 0.719. The quantitative estimate of drug-likeness (QED) is 0.760. The Bertz CT molecular complexity index is 549. The molecule has 1 unspecified atom stereocenters. The van der Waals surface area contributed by atoms with Crippen LogP contribution < -0.4 is 5.73 Å². The zero-order chi connectivity index (χ0) is 14.3. The van der Waals surface area contributed by atoms with Gasteiger partial charge in [-0.3, -0.25) is 0 Å². The molecule has 4 atom stereocenters. The molecule has 3 rings (SSSR count). The molecule has 0 amide bonds. The van der Waals surface area contributed by atoms with Crippen LogP contribution in [0.5, 0.6) is 0 Å². The monoisotopic (exact) mass is 293 g/mol. The van der Waals surface area contributed by atoms with Crippen LogP contribution in [0.4, 0.5) is 5.82 Å². The van der Waals surface area contributed by atoms with Gasteiger partial charge in [-0.1, -0.05) is 6.08 Å². The minimum atomic E-state index is -0.722. The summed E-state index contributed by atoms with van der Waals surface area (Å²) >= 11 is 1.70. The number of nitrogens with zero attached hydrogens (tertiary/aromatic N) is 2. The van der Waals surface area contributed by atoms with Crippen LogP contribution in [0.25, 0.3) is 5.57 Å². The van der Waals surface area contributed by atoms with Crippen molar-refractivity contribution in [3.63, 3.8) is 0 Å². The van der Waals surface area contributed by atoms with E-state index in [-0.39, 0.29) is 11.8 Å². The number of fused-ring (bicyclic) bond motifs is 1. The Morgan fingerprint density at radius 2 is 2.15 bits per heavy atom. The second-order valence-electron chi connectivity index (χ2n) is 5.49. The molecule has 1 aromatic rings. The molecule has 5 nitrogen and oxygen atoms in total. The third-order valence-corrected chi connectivity index (χ3v) is 5.12. The SMILES string of the molecule is CSC[C@H]1C[C@@H](C2=CCc3c(N)ncnc32)C(O)[C@H]1O. The van der Waals surface area contributed by atoms with Crippen molar-refractivity contribution in [3.05, 3.63) is 23.7 Å². The standard InChI is InChI=1S/C14H19N3O2S/c1-20-5-7-4-10(13(19)12(7)18)8-2-3-9-11(8)16-6-17-14(9)15/h2,6-7,10,12-13,18-19H,3-5H2,1H3,(H2,15,16,17)/t7-,10+,12+,13?/m1/s1. The second-order valence-corrected chi connectivity index (χ2v) is 6.40. The maximum absolute atomic E-state index is 10.3. The van der Waals surface area contributed by atoms with E-state index in [4.69, 9.17) is 5.73 Å². The van der Waals surface area contributed by atoms with Gasteiger partial charge in [0.1, 0.15) is 12.1 Å². The topological polar surface area (TPSA) is 92.3 Å². The summed E-state index contributed by atoms with van der Waals surface area (Å²) < 4.78 is 0. The highest BCUT2D eigenvalue weighted by Crippen LogP contribution is 2.44. The first-order valence-corrected chi connectivity index (χ1v) is 8.17. The molecule has 4 N–H and O–H groups in total. The van der Waals surface area contributed by atoms with Gasteiger partial charge in [0.25, 0.3) is 0 Å². The predicted molar refractivity (Wildman–Crippen MR) is 80.1 cm³/mol. The van der Waals surface area contributed by atoms with E-state index in [1.807, 2.05) is 6.26 Å². The summed E-state index contributed by atoms with van der Waals surface area (Å²) in [6.45, 7) is 0. The second kappa shape index (κ2) is 5.35. The molecule has 1 fully saturated rings. The number of nitrogen functional groups attached to an aromatic ring is 1. The molecule has 0 aromatic carbocycles. The highest BCUT2D eigenvalue weighted by molar-refractivity contribution is 7.98. The Balaban J connectivity index is 1.88. The fraction of sp³-hybridized carbons (Fsp3) is 0.571. The highest BCUT2D eigenvalue weighted by Gasteiger charge is 2.44. The van der Waals surface area contributed by atoms with Crippen LogP contribution in [0.1, 0.15) is 17.7 Å². The van der Waals surface area contributed by atoms with Gasteiger partial charge in [0, 0.05) is 11.5 Å². The number of aliphatic hydroxyl groups excluding tert-OH is 2. The Labute approximate surface area is 122 Å². The van der Waals surface area contributed by atoms with E-state index >= 15 is 0 Å². The van der Waals surface area contributed by atoms with Gasteiger partial charge in [-0.2, -0.15) is 11.8 Å². The molecule has 0 saturated heterocycles. The lowest BCUT2D eigenvalue weighted by molar-refractivity contribution is 0.0160. The number of rotatable bonds is 3. The van der Waals surface area contributed by atoms with E-state index in [2.05, 4.69) is 16.0 Å². The van der Waals surface area contributed by atoms with Crippen molar-refractivity contribution in [2.45, 2.75) is 25.0 Å². The number of anilines is 1. The van der Waals surface area contributed by atoms with Gasteiger partial charge in [0.05, 0.1) is 17.9 Å². The van der Waals surface area contributed by atoms with Crippen molar-refractivity contribution < 1.29 is 10.2 Å². The molecular weight excluding hydrogens is 274 g/mol. The van der Waals surface area contributed by atoms with Crippen molar-refractivity contribution in [1.29, 1.82) is 0 Å². The molecule has 1 aromatic heterocycles. The largest absolute Gasteiger partial charge is 0.390 e. The number of aliphatic hydroxyl groups is 2. The maximum atomic E-state index is 10.3. The Morgan fingerprint density at radius 3 is 2.90 bits per heavy atom. The Kier molecular flexibility index (Phi) is 3.70. The van der Waals surface area contributed by atoms with Crippen LogP contribution in [0, 0.1) is 11.8 Å². The normalized spacial score (nSPS) is 32.2. The van der Waals surface area contributed by atoms with E-state index < -0.39 is 12.2 Å². The molecule has 108 valence electrons. The molecule has 0 radical (unpaired) electrons. The summed E-state index contributed by atoms with van der Waals surface area (Å²) in [5.74, 6) is 1.45. The van der Waals surface area contributed by atoms with E-state index in [9.17, 15) is 10.2 Å². The van der Waals surface area contributed by atoms with Crippen molar-refractivity contribution in [2.24, 2.45) is 11.8 Å². The van der Waals surface area contributed by atoms with Crippen molar-refractivity contribution in [3.8, 4) is 0 Å². The van der Waals surface area contributed by atoms with Crippen molar-refractivity contribution in [2.75, 3.05) is 17.7 Å². The number of aromatic nitrogens is 2. The minimum Gasteiger partial charge on any atom is -0.390 e. The van der Waals surface area contributed by atoms with Gasteiger partial charge in [0.15, 0.2) is 0 Å². The van der Waals surface area contributed by atoms with Crippen molar-refractivity contribution in [1.82, 2.24) is 9.97 Å². The molecule has 2 aliphatic rings. The average molecular weight is 293 g/mol. The number of hydrogen-bond donors (Lipinski definition) is 3. The molecular formula is C14H19N3O2S. The Hall–Kier alpha value is -1.11. The maximum Gasteiger partial charge on any atom is 0.130 e. The zero-order valence-electron chi connectivity index (χ0n) is 11.4. The van der Waals surface area contributed by atoms with E-state index in [0.29, 0.717) is 12.2 Å². The smallest absolute Gasteiger partial charge is 0.130 e. The van der Waals surface area contributed by atoms with Crippen molar-refractivity contribution >= 4 is 23.2 Å². The van der Waals surface area contributed by atoms with Crippen LogP contribution in [0.3, 0.4) is 0 Å². The van der Waals surface area contributed by atoms with Gasteiger partial charge in [-0.15, -0.1) is 0 Å². The first-order chi connectivity index (χ1) is 9.63. The van der Waals surface area contributed by atoms with E-state index in [1.54, 1.807) is 11.8 Å². The summed E-state index contributed by atoms with van der Waals surface area (Å²) in [7, 11) is 0. The first-order valence-electron chi connectivity index (χ1n) is 6.78. The molecule has 0 aliphatic heterocycles. The van der Waals surface area contributed by atoms with Crippen LogP contribution in [-0.4, -0.2) is 44.4 Å². The van der Waals surface area contributed by atoms with Crippen LogP contribution in [0.2, 0.25) is 0 Å². The Morgan fingerprint density at radius 1 is 1.35 bits per heavy atom. The summed E-state index contributed by atoms with van der Waals surface area (Å²) in [5.41, 5.74) is 8.68. The molecule has 1 saturated carbocycles. The van der Waals surface area contributed by atoms with E-state index in [1.165, 1.54) is 6.33 Å². The van der Waals surface area contributed by atoms with Gasteiger partial charge in [-0.25, -0.2) is 9.97 Å². The molecule has 2 aliphatic carbocycles. The minimum absolute atomic E-state index is 0.0577. The van der Waals surface area contributed by atoms with Gasteiger partial charge in [-0.05, 0) is 36.3 Å². The van der Waals surface area contributed by atoms with Gasteiger partial charge >= 0.3 is 0 Å². The van der Waals surface area contributed by atoms with Crippen LogP contribution >= 0.6 is 11.8 Å². The third-order valence-electron chi connectivity index (χ3n) is 4.36. The number of allylic oxidation sites excluding steroid dienone is 1. The van der Waals surface area contributed by atoms with Crippen LogP contribution in [0.15, 0.2) is 12.4 Å². The summed E-state index contributed by atoms with van der Waals surface area (Å²) in [5, 5.41) is 20.5. The lowest BCUT2D eigenvalue weighted by atomic mass is 9.93. The summed E-state index contributed by atoms with van der Waals surface area (Å²) in [6, 6.07) is 0. The molecule has 0 spiro atoms. The zero-order valence-corrected chi connectivity index (χ0v) is 12.2. The lowest BCUT2D eigenvalue weighted by Crippen LogP contribution is -2.29. The first kappa shape index (κ1) is 13.9. The molecule has 20 heavy (non-hydrogen) atoms. The highest BCUT2D eigenvalue weighted by atomic mass is 32.2. The number of thioether (sulfide) groups is 1. The van der Waals surface area contributed by atoms with Gasteiger partial charge in [0.2, 0.25) is 0 Å². The average Bonchev–Trinajstić information content (AvgIpc) is 2.97. The van der Waals surface area contributed by atoms with Crippen LogP contribution in [-0.2, 0) is 6.42 Å². The molecule has 1 heterocycles. The molecule has 6 heteroatoms. The summed E-state index contributed by atoms with van der Waals surface area (Å²) in [6.07, 6.45) is 5.67. The number of nitrogens with two attached hydrogens (primary N) is 1. The van der Waals surface area contributed by atoms with E-state index in [0.717, 1.165) is 29.0 Å². The fourth-order valence-corrected chi connectivity index (χ4v) is 4.09.